The molecule has 0 unspecified atom stereocenters. The molecule has 0 aromatic heterocycles. The normalized spacial score (nSPS) is 10.8. The summed E-state index contributed by atoms with van der Waals surface area (Å²) in [6, 6.07) is 10.3. The molecule has 0 atom stereocenters. The van der Waals surface area contributed by atoms with E-state index in [2.05, 4.69) is 16.7 Å². The van der Waals surface area contributed by atoms with Crippen molar-refractivity contribution in [3.8, 4) is 0 Å². The number of hydrogen-bond donors (Lipinski definition) is 3. The maximum Gasteiger partial charge on any atom is 0.466 e. The first kappa shape index (κ1) is 17.4. The predicted molar refractivity (Wildman–Crippen MR) is 67.2 cm³/mol. The molecule has 8 heteroatoms. The summed E-state index contributed by atoms with van der Waals surface area (Å²) in [5.41, 5.74) is 1.35. The summed E-state index contributed by atoms with van der Waals surface area (Å²) in [7, 11) is -4.85. The second-order valence-electron chi connectivity index (χ2n) is 3.36. The molecule has 0 aliphatic carbocycles. The molecule has 0 saturated carbocycles. The van der Waals surface area contributed by atoms with Crippen LogP contribution in [0.2, 0.25) is 0 Å². The first-order chi connectivity index (χ1) is 8.43. The molecule has 6 nitrogen and oxygen atoms in total. The van der Waals surface area contributed by atoms with Crippen LogP contribution >= 0.6 is 16.5 Å². The minimum Gasteiger partial charge on any atom is -0.303 e. The van der Waals surface area contributed by atoms with Crippen LogP contribution in [-0.2, 0) is 20.1 Å². The molecule has 0 fully saturated rings. The molecule has 0 bridgehead atoms. The van der Waals surface area contributed by atoms with E-state index in [1.54, 1.807) is 0 Å². The van der Waals surface area contributed by atoms with Gasteiger partial charge >= 0.3 is 16.5 Å². The van der Waals surface area contributed by atoms with Crippen molar-refractivity contribution in [1.82, 2.24) is 0 Å². The van der Waals surface area contributed by atoms with Gasteiger partial charge in [-0.25, -0.2) is 9.13 Å². The van der Waals surface area contributed by atoms with Gasteiger partial charge in [0.05, 0.1) is 6.61 Å². The van der Waals surface area contributed by atoms with Crippen LogP contribution in [0, 0.1) is 0 Å². The van der Waals surface area contributed by atoms with E-state index in [4.69, 9.17) is 19.2 Å². The minimum atomic E-state index is -4.64. The fourth-order valence-electron chi connectivity index (χ4n) is 1.18. The predicted octanol–water partition coefficient (Wildman–Crippen LogP) is 2.30. The van der Waals surface area contributed by atoms with Crippen LogP contribution in [0.1, 0.15) is 18.4 Å². The molecule has 0 spiro atoms. The zero-order valence-corrected chi connectivity index (χ0v) is 11.5. The number of aryl methyl sites for hydroxylation is 1. The fourth-order valence-corrected chi connectivity index (χ4v) is 1.38. The lowest BCUT2D eigenvalue weighted by atomic mass is 10.1. The van der Waals surface area contributed by atoms with Gasteiger partial charge in [0.25, 0.3) is 0 Å². The molecule has 18 heavy (non-hydrogen) atoms. The Kier molecular flexibility index (Phi) is 9.98. The highest BCUT2D eigenvalue weighted by Crippen LogP contribution is 2.25. The van der Waals surface area contributed by atoms with Crippen LogP contribution in [0.15, 0.2) is 30.3 Å². The van der Waals surface area contributed by atoms with Crippen molar-refractivity contribution >= 4 is 16.5 Å². The van der Waals surface area contributed by atoms with Crippen LogP contribution in [0.5, 0.6) is 0 Å². The Morgan fingerprint density at radius 1 is 1.11 bits per heavy atom. The van der Waals surface area contributed by atoms with Crippen molar-refractivity contribution in [2.45, 2.75) is 19.3 Å². The number of rotatable bonds is 6. The van der Waals surface area contributed by atoms with Gasteiger partial charge in [-0.2, -0.15) is 0 Å². The Bertz CT molecular complexity index is 356. The van der Waals surface area contributed by atoms with Gasteiger partial charge in [0, 0.05) is 0 Å². The summed E-state index contributed by atoms with van der Waals surface area (Å²) >= 11 is 0. The fraction of sp³-hybridized carbons (Fsp3) is 0.400. The van der Waals surface area contributed by atoms with E-state index < -0.39 is 7.82 Å². The molecule has 1 rings (SSSR count). The molecule has 0 aliphatic heterocycles. The van der Waals surface area contributed by atoms with Gasteiger partial charge in [-0.15, -0.1) is 0 Å². The standard InChI is InChI=1S/C10H13O2P.H3O4P/c11-13-12-9-5-4-8-10-6-2-1-3-7-10;1-5(2,3)4/h1-3,6-7H,4-5,8-9H2;(H3,1,2,3,4). The Labute approximate surface area is 107 Å². The Balaban J connectivity index is 0.000000494. The summed E-state index contributed by atoms with van der Waals surface area (Å²) < 4.78 is 23.5. The summed E-state index contributed by atoms with van der Waals surface area (Å²) in [6.45, 7) is 0.581. The average molecular weight is 294 g/mol. The number of hydrogen-bond acceptors (Lipinski definition) is 3. The third-order valence-electron chi connectivity index (χ3n) is 1.85. The second kappa shape index (κ2) is 10.3. The lowest BCUT2D eigenvalue weighted by molar-refractivity contribution is 0.275. The zero-order chi connectivity index (χ0) is 13.9. The summed E-state index contributed by atoms with van der Waals surface area (Å²) in [5.74, 6) is 0. The molecule has 0 amide bonds. The van der Waals surface area contributed by atoms with Crippen LogP contribution < -0.4 is 0 Å². The van der Waals surface area contributed by atoms with Gasteiger partial charge in [-0.05, 0) is 24.8 Å². The molecule has 0 heterocycles. The largest absolute Gasteiger partial charge is 0.466 e. The van der Waals surface area contributed by atoms with E-state index in [0.29, 0.717) is 6.61 Å². The number of phosphoric acid groups is 1. The SMILES string of the molecule is O=P(O)(O)O.O=POCCCCc1ccccc1. The highest BCUT2D eigenvalue weighted by molar-refractivity contribution is 7.45. The summed E-state index contributed by atoms with van der Waals surface area (Å²) in [5, 5.41) is 0. The molecule has 1 aromatic carbocycles. The third-order valence-corrected chi connectivity index (χ3v) is 2.13. The average Bonchev–Trinajstić information content (AvgIpc) is 2.28. The molecule has 0 saturated heterocycles. The van der Waals surface area contributed by atoms with Crippen molar-refractivity contribution in [1.29, 1.82) is 0 Å². The Hall–Kier alpha value is -0.610. The van der Waals surface area contributed by atoms with Crippen molar-refractivity contribution in [2.24, 2.45) is 0 Å². The van der Waals surface area contributed by atoms with E-state index in [1.165, 1.54) is 5.56 Å². The zero-order valence-electron chi connectivity index (χ0n) is 9.68. The first-order valence-corrected chi connectivity index (χ1v) is 7.50. The highest BCUT2D eigenvalue weighted by Gasteiger charge is 2.00. The van der Waals surface area contributed by atoms with E-state index >= 15 is 0 Å². The van der Waals surface area contributed by atoms with E-state index in [9.17, 15) is 4.57 Å². The maximum atomic E-state index is 9.91. The highest BCUT2D eigenvalue weighted by atomic mass is 31.2. The van der Waals surface area contributed by atoms with Crippen LogP contribution in [-0.4, -0.2) is 21.3 Å². The lowest BCUT2D eigenvalue weighted by Crippen LogP contribution is -1.88. The van der Waals surface area contributed by atoms with Crippen LogP contribution in [0.25, 0.3) is 0 Å². The monoisotopic (exact) mass is 294 g/mol. The van der Waals surface area contributed by atoms with Crippen molar-refractivity contribution in [2.75, 3.05) is 6.61 Å². The smallest absolute Gasteiger partial charge is 0.303 e. The lowest BCUT2D eigenvalue weighted by Gasteiger charge is -1.99. The number of unbranched alkanes of at least 4 members (excludes halogenated alkanes) is 1. The Morgan fingerprint density at radius 2 is 1.67 bits per heavy atom. The van der Waals surface area contributed by atoms with Gasteiger partial charge in [-0.3, -0.25) is 4.52 Å². The summed E-state index contributed by atoms with van der Waals surface area (Å²) in [4.78, 5) is 21.6. The quantitative estimate of drug-likeness (QED) is 0.549. The van der Waals surface area contributed by atoms with E-state index in [0.717, 1.165) is 19.3 Å². The first-order valence-electron chi connectivity index (χ1n) is 5.20. The van der Waals surface area contributed by atoms with E-state index in [-0.39, 0.29) is 8.69 Å². The van der Waals surface area contributed by atoms with Crippen LogP contribution in [0.4, 0.5) is 0 Å². The Morgan fingerprint density at radius 3 is 2.17 bits per heavy atom. The topological polar surface area (TPSA) is 104 Å². The molecule has 1 aromatic rings. The van der Waals surface area contributed by atoms with Crippen molar-refractivity contribution < 1.29 is 28.3 Å². The van der Waals surface area contributed by atoms with Crippen molar-refractivity contribution in [3.63, 3.8) is 0 Å². The molecule has 3 N–H and O–H groups in total. The molecule has 102 valence electrons. The maximum absolute atomic E-state index is 9.91. The molecule has 0 aliphatic rings. The minimum absolute atomic E-state index is 0.208. The number of benzene rings is 1. The third kappa shape index (κ3) is 15.4. The molecular weight excluding hydrogens is 278 g/mol. The molecule has 0 radical (unpaired) electrons. The van der Waals surface area contributed by atoms with Gasteiger partial charge in [0.2, 0.25) is 0 Å². The second-order valence-corrected chi connectivity index (χ2v) is 4.80. The van der Waals surface area contributed by atoms with Gasteiger partial charge in [0.15, 0.2) is 0 Å². The van der Waals surface area contributed by atoms with Crippen molar-refractivity contribution in [3.05, 3.63) is 35.9 Å². The molecular formula is C10H16O6P2. The van der Waals surface area contributed by atoms with E-state index in [1.807, 2.05) is 18.2 Å². The van der Waals surface area contributed by atoms with Gasteiger partial charge in [0.1, 0.15) is 0 Å². The van der Waals surface area contributed by atoms with Gasteiger partial charge in [-0.1, -0.05) is 30.3 Å². The van der Waals surface area contributed by atoms with Crippen LogP contribution in [0.3, 0.4) is 0 Å². The van der Waals surface area contributed by atoms with Gasteiger partial charge < -0.3 is 14.7 Å². The summed E-state index contributed by atoms with van der Waals surface area (Å²) in [6.07, 6.45) is 3.11.